The largest absolute Gasteiger partial charge is 0.357 e. The van der Waals surface area contributed by atoms with E-state index in [4.69, 9.17) is 0 Å². The lowest BCUT2D eigenvalue weighted by molar-refractivity contribution is 0.156. The van der Waals surface area contributed by atoms with Crippen molar-refractivity contribution in [2.75, 3.05) is 13.3 Å². The van der Waals surface area contributed by atoms with Crippen molar-refractivity contribution in [1.29, 1.82) is 10.5 Å². The van der Waals surface area contributed by atoms with E-state index < -0.39 is 25.4 Å². The third kappa shape index (κ3) is 2.77. The van der Waals surface area contributed by atoms with Crippen molar-refractivity contribution in [1.82, 2.24) is 9.47 Å². The van der Waals surface area contributed by atoms with Gasteiger partial charge in [-0.05, 0) is 37.5 Å². The van der Waals surface area contributed by atoms with Crippen LogP contribution in [0, 0.1) is 22.7 Å². The molecule has 1 fully saturated rings. The second-order valence-corrected chi connectivity index (χ2v) is 7.25. The molecule has 0 spiro atoms. The summed E-state index contributed by atoms with van der Waals surface area (Å²) in [5.41, 5.74) is 2.64. The zero-order valence-electron chi connectivity index (χ0n) is 15.4. The van der Waals surface area contributed by atoms with Crippen molar-refractivity contribution in [2.24, 2.45) is 0 Å². The van der Waals surface area contributed by atoms with E-state index in [1.165, 1.54) is 0 Å². The van der Waals surface area contributed by atoms with Crippen LogP contribution in [0.5, 0.6) is 0 Å². The molecule has 4 nitrogen and oxygen atoms in total. The molecule has 0 N–H and O–H groups in total. The van der Waals surface area contributed by atoms with E-state index in [0.717, 1.165) is 35.9 Å². The first-order valence-electron chi connectivity index (χ1n) is 9.45. The van der Waals surface area contributed by atoms with Gasteiger partial charge >= 0.3 is 0 Å². The summed E-state index contributed by atoms with van der Waals surface area (Å²) in [5, 5.41) is 20.1. The van der Waals surface area contributed by atoms with Crippen molar-refractivity contribution in [3.63, 3.8) is 0 Å². The third-order valence-corrected chi connectivity index (χ3v) is 5.76. The Kier molecular flexibility index (Phi) is 4.88. The second kappa shape index (κ2) is 7.48. The van der Waals surface area contributed by atoms with E-state index in [1.807, 2.05) is 18.2 Å². The number of nitriles is 2. The Bertz CT molecular complexity index is 1030. The Morgan fingerprint density at radius 2 is 1.89 bits per heavy atom. The van der Waals surface area contributed by atoms with Crippen molar-refractivity contribution in [3.05, 3.63) is 59.4 Å². The lowest BCUT2D eigenvalue weighted by Crippen LogP contribution is -2.39. The third-order valence-electron chi connectivity index (χ3n) is 5.76. The number of halogens is 2. The summed E-state index contributed by atoms with van der Waals surface area (Å²) < 4.78 is 29.1. The van der Waals surface area contributed by atoms with Gasteiger partial charge in [0.1, 0.15) is 19.4 Å². The molecule has 1 unspecified atom stereocenters. The Labute approximate surface area is 162 Å². The lowest BCUT2D eigenvalue weighted by Gasteiger charge is -2.38. The fourth-order valence-corrected chi connectivity index (χ4v) is 4.14. The molecular weight excluding hydrogens is 358 g/mol. The molecule has 1 aliphatic carbocycles. The summed E-state index contributed by atoms with van der Waals surface area (Å²) in [5.74, 6) is 0. The minimum Gasteiger partial charge on any atom is -0.357 e. The van der Waals surface area contributed by atoms with E-state index in [0.29, 0.717) is 11.1 Å². The van der Waals surface area contributed by atoms with Crippen LogP contribution in [0.3, 0.4) is 0 Å². The van der Waals surface area contributed by atoms with Gasteiger partial charge in [0.2, 0.25) is 0 Å². The van der Waals surface area contributed by atoms with Gasteiger partial charge in [-0.2, -0.15) is 10.5 Å². The fourth-order valence-electron chi connectivity index (χ4n) is 4.14. The van der Waals surface area contributed by atoms with Crippen molar-refractivity contribution >= 4 is 10.9 Å². The van der Waals surface area contributed by atoms with Crippen molar-refractivity contribution in [2.45, 2.75) is 37.4 Å². The standard InChI is InChI=1S/C22H20F2N4/c23-11-17(12-24)27-9-2-1-6-20(27)22-19(14-26)18-8-7-15(13-25)10-21(18)28(22)16-4-3-5-16/h1-2,6-10,16-17,20H,3-5,11-12H2. The summed E-state index contributed by atoms with van der Waals surface area (Å²) in [6.45, 7) is -1.62. The first-order valence-corrected chi connectivity index (χ1v) is 9.45. The SMILES string of the molecule is N#Cc1ccc2c(C#N)c(C3C=CC=CN3C(CF)CF)n(C3CCC3)c2c1. The Morgan fingerprint density at radius 3 is 2.50 bits per heavy atom. The summed E-state index contributed by atoms with van der Waals surface area (Å²) in [4.78, 5) is 1.66. The van der Waals surface area contributed by atoms with Gasteiger partial charge in [-0.25, -0.2) is 8.78 Å². The first-order chi connectivity index (χ1) is 13.7. The maximum absolute atomic E-state index is 13.5. The highest BCUT2D eigenvalue weighted by atomic mass is 19.1. The van der Waals surface area contributed by atoms with E-state index >= 15 is 0 Å². The van der Waals surface area contributed by atoms with E-state index in [-0.39, 0.29) is 6.04 Å². The van der Waals surface area contributed by atoms with Crippen LogP contribution in [-0.4, -0.2) is 28.9 Å². The molecule has 2 heterocycles. The molecule has 1 aromatic heterocycles. The van der Waals surface area contributed by atoms with Crippen LogP contribution >= 0.6 is 0 Å². The molecule has 2 aromatic rings. The molecule has 28 heavy (non-hydrogen) atoms. The van der Waals surface area contributed by atoms with Gasteiger partial charge in [0.15, 0.2) is 0 Å². The number of hydrogen-bond acceptors (Lipinski definition) is 3. The maximum Gasteiger partial charge on any atom is 0.112 e. The van der Waals surface area contributed by atoms with Crippen LogP contribution < -0.4 is 0 Å². The predicted molar refractivity (Wildman–Crippen MR) is 103 cm³/mol. The summed E-state index contributed by atoms with van der Waals surface area (Å²) in [7, 11) is 0. The van der Waals surface area contributed by atoms with Crippen molar-refractivity contribution < 1.29 is 8.78 Å². The first kappa shape index (κ1) is 18.3. The topological polar surface area (TPSA) is 55.8 Å². The fraction of sp³-hybridized carbons (Fsp3) is 0.364. The average Bonchev–Trinajstić information content (AvgIpc) is 3.01. The molecule has 1 aromatic carbocycles. The molecule has 0 saturated heterocycles. The van der Waals surface area contributed by atoms with Gasteiger partial charge in [-0.15, -0.1) is 0 Å². The van der Waals surface area contributed by atoms with Gasteiger partial charge in [-0.3, -0.25) is 0 Å². The zero-order chi connectivity index (χ0) is 19.7. The number of aromatic nitrogens is 1. The summed E-state index contributed by atoms with van der Waals surface area (Å²) >= 11 is 0. The number of fused-ring (bicyclic) bond motifs is 1. The minimum absolute atomic E-state index is 0.226. The van der Waals surface area contributed by atoms with Gasteiger partial charge in [-0.1, -0.05) is 18.2 Å². The van der Waals surface area contributed by atoms with Gasteiger partial charge in [0.05, 0.1) is 40.5 Å². The van der Waals surface area contributed by atoms with Gasteiger partial charge in [0.25, 0.3) is 0 Å². The molecule has 1 atom stereocenters. The lowest BCUT2D eigenvalue weighted by atomic mass is 9.91. The highest BCUT2D eigenvalue weighted by Gasteiger charge is 2.34. The van der Waals surface area contributed by atoms with Crippen LogP contribution in [0.25, 0.3) is 10.9 Å². The van der Waals surface area contributed by atoms with E-state index in [9.17, 15) is 19.3 Å². The minimum atomic E-state index is -0.903. The monoisotopic (exact) mass is 378 g/mol. The molecular formula is C22H20F2N4. The summed E-state index contributed by atoms with van der Waals surface area (Å²) in [6, 6.07) is 8.69. The van der Waals surface area contributed by atoms with Gasteiger partial charge in [0, 0.05) is 17.6 Å². The Morgan fingerprint density at radius 1 is 1.11 bits per heavy atom. The molecule has 6 heteroatoms. The molecule has 1 aliphatic heterocycles. The van der Waals surface area contributed by atoms with Crippen LogP contribution in [0.1, 0.15) is 48.2 Å². The number of alkyl halides is 2. The number of rotatable bonds is 5. The molecule has 0 bridgehead atoms. The van der Waals surface area contributed by atoms with E-state index in [2.05, 4.69) is 16.7 Å². The predicted octanol–water partition coefficient (Wildman–Crippen LogP) is 4.84. The number of nitrogens with zero attached hydrogens (tertiary/aromatic N) is 4. The van der Waals surface area contributed by atoms with Crippen LogP contribution in [-0.2, 0) is 0 Å². The highest BCUT2D eigenvalue weighted by molar-refractivity contribution is 5.89. The quantitative estimate of drug-likeness (QED) is 0.748. The number of benzene rings is 1. The Hall–Kier alpha value is -3.12. The zero-order valence-corrected chi connectivity index (χ0v) is 15.4. The number of allylic oxidation sites excluding steroid dienone is 2. The molecule has 1 saturated carbocycles. The molecule has 4 rings (SSSR count). The second-order valence-electron chi connectivity index (χ2n) is 7.25. The number of hydrogen-bond donors (Lipinski definition) is 0. The smallest absolute Gasteiger partial charge is 0.112 e. The van der Waals surface area contributed by atoms with E-state index in [1.54, 1.807) is 29.3 Å². The molecule has 0 radical (unpaired) electrons. The van der Waals surface area contributed by atoms with Crippen LogP contribution in [0.15, 0.2) is 42.6 Å². The van der Waals surface area contributed by atoms with Crippen LogP contribution in [0.4, 0.5) is 8.78 Å². The Balaban J connectivity index is 1.97. The molecule has 142 valence electrons. The highest BCUT2D eigenvalue weighted by Crippen LogP contribution is 2.43. The average molecular weight is 378 g/mol. The van der Waals surface area contributed by atoms with Crippen molar-refractivity contribution in [3.8, 4) is 12.1 Å². The molecule has 0 amide bonds. The summed E-state index contributed by atoms with van der Waals surface area (Å²) in [6.07, 6.45) is 10.3. The van der Waals surface area contributed by atoms with Crippen LogP contribution in [0.2, 0.25) is 0 Å². The van der Waals surface area contributed by atoms with Gasteiger partial charge < -0.3 is 9.47 Å². The maximum atomic E-state index is 13.5. The normalized spacial score (nSPS) is 19.0. The molecule has 2 aliphatic rings.